The molecular formula is C16H21NO3S. The number of carboxylic acids is 1. The molecule has 0 radical (unpaired) electrons. The van der Waals surface area contributed by atoms with Crippen LogP contribution >= 0.6 is 11.8 Å². The fourth-order valence-electron chi connectivity index (χ4n) is 2.37. The molecule has 114 valence electrons. The van der Waals surface area contributed by atoms with Gasteiger partial charge in [0.05, 0.1) is 5.56 Å². The minimum Gasteiger partial charge on any atom is -0.480 e. The second kappa shape index (κ2) is 6.98. The van der Waals surface area contributed by atoms with Crippen LogP contribution in [0.1, 0.15) is 37.0 Å². The van der Waals surface area contributed by atoms with Gasteiger partial charge in [0.15, 0.2) is 0 Å². The summed E-state index contributed by atoms with van der Waals surface area (Å²) in [6, 6.07) is 7.28. The third-order valence-corrected chi connectivity index (χ3v) is 5.00. The molecular weight excluding hydrogens is 286 g/mol. The van der Waals surface area contributed by atoms with Gasteiger partial charge in [-0.25, -0.2) is 0 Å². The van der Waals surface area contributed by atoms with Crippen molar-refractivity contribution in [2.24, 2.45) is 5.92 Å². The van der Waals surface area contributed by atoms with E-state index in [9.17, 15) is 9.59 Å². The van der Waals surface area contributed by atoms with Gasteiger partial charge in [-0.1, -0.05) is 19.1 Å². The highest BCUT2D eigenvalue weighted by molar-refractivity contribution is 8.00. The van der Waals surface area contributed by atoms with Crippen molar-refractivity contribution in [3.8, 4) is 0 Å². The second-order valence-corrected chi connectivity index (χ2v) is 6.95. The summed E-state index contributed by atoms with van der Waals surface area (Å²) in [6.07, 6.45) is 2.07. The molecule has 1 atom stereocenters. The fraction of sp³-hybridized carbons (Fsp3) is 0.500. The van der Waals surface area contributed by atoms with Crippen LogP contribution in [0.15, 0.2) is 29.2 Å². The Balaban J connectivity index is 2.15. The molecule has 1 aliphatic heterocycles. The number of piperidine rings is 1. The Morgan fingerprint density at radius 2 is 1.90 bits per heavy atom. The lowest BCUT2D eigenvalue weighted by atomic mass is 9.98. The molecule has 0 aromatic heterocycles. The molecule has 1 amide bonds. The molecule has 1 N–H and O–H groups in total. The highest BCUT2D eigenvalue weighted by atomic mass is 32.2. The monoisotopic (exact) mass is 307 g/mol. The third-order valence-electron chi connectivity index (χ3n) is 3.84. The number of hydrogen-bond donors (Lipinski definition) is 1. The van der Waals surface area contributed by atoms with Crippen molar-refractivity contribution < 1.29 is 14.7 Å². The van der Waals surface area contributed by atoms with Crippen LogP contribution in [0.4, 0.5) is 0 Å². The molecule has 0 spiro atoms. The summed E-state index contributed by atoms with van der Waals surface area (Å²) in [5.41, 5.74) is 0.616. The molecule has 5 heteroatoms. The first-order valence-corrected chi connectivity index (χ1v) is 8.14. The van der Waals surface area contributed by atoms with E-state index in [0.717, 1.165) is 30.8 Å². The van der Waals surface area contributed by atoms with Gasteiger partial charge in [0, 0.05) is 18.0 Å². The lowest BCUT2D eigenvalue weighted by molar-refractivity contribution is -0.136. The summed E-state index contributed by atoms with van der Waals surface area (Å²) in [7, 11) is 0. The molecule has 1 unspecified atom stereocenters. The zero-order chi connectivity index (χ0) is 15.4. The van der Waals surface area contributed by atoms with Crippen molar-refractivity contribution in [2.45, 2.75) is 36.8 Å². The third kappa shape index (κ3) is 4.00. The van der Waals surface area contributed by atoms with Gasteiger partial charge in [0.1, 0.15) is 5.25 Å². The van der Waals surface area contributed by atoms with E-state index in [1.54, 1.807) is 13.0 Å². The van der Waals surface area contributed by atoms with Crippen LogP contribution in [0.3, 0.4) is 0 Å². The summed E-state index contributed by atoms with van der Waals surface area (Å²) in [5.74, 6) is -0.178. The quantitative estimate of drug-likeness (QED) is 0.868. The topological polar surface area (TPSA) is 57.6 Å². The summed E-state index contributed by atoms with van der Waals surface area (Å²) >= 11 is 1.22. The average Bonchev–Trinajstić information content (AvgIpc) is 2.47. The molecule has 0 saturated carbocycles. The Kier molecular flexibility index (Phi) is 5.28. The number of hydrogen-bond acceptors (Lipinski definition) is 3. The zero-order valence-corrected chi connectivity index (χ0v) is 13.2. The zero-order valence-electron chi connectivity index (χ0n) is 12.4. The normalized spacial score (nSPS) is 17.5. The summed E-state index contributed by atoms with van der Waals surface area (Å²) in [4.78, 5) is 26.3. The van der Waals surface area contributed by atoms with E-state index in [1.165, 1.54) is 11.8 Å². The number of thioether (sulfide) groups is 1. The van der Waals surface area contributed by atoms with Gasteiger partial charge in [0.25, 0.3) is 5.91 Å². The van der Waals surface area contributed by atoms with E-state index in [2.05, 4.69) is 6.92 Å². The Morgan fingerprint density at radius 1 is 1.29 bits per heavy atom. The van der Waals surface area contributed by atoms with Gasteiger partial charge in [-0.2, -0.15) is 0 Å². The summed E-state index contributed by atoms with van der Waals surface area (Å²) in [6.45, 7) is 5.41. The van der Waals surface area contributed by atoms with Crippen molar-refractivity contribution in [3.63, 3.8) is 0 Å². The van der Waals surface area contributed by atoms with E-state index in [4.69, 9.17) is 5.11 Å². The molecule has 21 heavy (non-hydrogen) atoms. The minimum atomic E-state index is -0.867. The lowest BCUT2D eigenvalue weighted by Crippen LogP contribution is -2.38. The Bertz CT molecular complexity index is 524. The number of amides is 1. The maximum absolute atomic E-state index is 12.6. The van der Waals surface area contributed by atoms with E-state index in [0.29, 0.717) is 11.5 Å². The van der Waals surface area contributed by atoms with E-state index >= 15 is 0 Å². The van der Waals surface area contributed by atoms with Crippen LogP contribution in [-0.2, 0) is 4.79 Å². The van der Waals surface area contributed by atoms with Gasteiger partial charge in [0.2, 0.25) is 0 Å². The molecule has 1 saturated heterocycles. The smallest absolute Gasteiger partial charge is 0.316 e. The fourth-order valence-corrected chi connectivity index (χ4v) is 3.29. The number of carbonyl (C=O) groups excluding carboxylic acids is 1. The molecule has 1 aromatic carbocycles. The highest BCUT2D eigenvalue weighted by Crippen LogP contribution is 2.29. The maximum atomic E-state index is 12.6. The van der Waals surface area contributed by atoms with Gasteiger partial charge in [-0.15, -0.1) is 11.8 Å². The first kappa shape index (κ1) is 15.9. The molecule has 4 nitrogen and oxygen atoms in total. The first-order valence-electron chi connectivity index (χ1n) is 7.26. The number of benzene rings is 1. The van der Waals surface area contributed by atoms with Crippen molar-refractivity contribution in [3.05, 3.63) is 29.8 Å². The predicted octanol–water partition coefficient (Wildman–Crippen LogP) is 3.12. The molecule has 1 fully saturated rings. The SMILES string of the molecule is CC1CCN(C(=O)c2ccccc2SC(C)C(=O)O)CC1. The van der Waals surface area contributed by atoms with Crippen LogP contribution in [0.5, 0.6) is 0 Å². The average molecular weight is 307 g/mol. The number of carboxylic acid groups (broad SMARTS) is 1. The van der Waals surface area contributed by atoms with Crippen molar-refractivity contribution in [1.29, 1.82) is 0 Å². The van der Waals surface area contributed by atoms with Crippen LogP contribution < -0.4 is 0 Å². The van der Waals surface area contributed by atoms with Gasteiger partial charge in [-0.05, 0) is 37.8 Å². The van der Waals surface area contributed by atoms with Gasteiger partial charge in [-0.3, -0.25) is 9.59 Å². The second-order valence-electron chi connectivity index (χ2n) is 5.57. The van der Waals surface area contributed by atoms with Crippen molar-refractivity contribution in [1.82, 2.24) is 4.90 Å². The summed E-state index contributed by atoms with van der Waals surface area (Å²) in [5, 5.41) is 8.47. The molecule has 1 aromatic rings. The minimum absolute atomic E-state index is 0.0163. The van der Waals surface area contributed by atoms with Crippen LogP contribution in [0.25, 0.3) is 0 Å². The number of aliphatic carboxylic acids is 1. The van der Waals surface area contributed by atoms with E-state index in [1.807, 2.05) is 23.1 Å². The largest absolute Gasteiger partial charge is 0.480 e. The Hall–Kier alpha value is -1.49. The Morgan fingerprint density at radius 3 is 2.52 bits per heavy atom. The maximum Gasteiger partial charge on any atom is 0.316 e. The van der Waals surface area contributed by atoms with E-state index in [-0.39, 0.29) is 5.91 Å². The summed E-state index contributed by atoms with van der Waals surface area (Å²) < 4.78 is 0. The molecule has 1 heterocycles. The van der Waals surface area contributed by atoms with Crippen molar-refractivity contribution >= 4 is 23.6 Å². The van der Waals surface area contributed by atoms with Gasteiger partial charge < -0.3 is 10.0 Å². The molecule has 0 bridgehead atoms. The number of rotatable bonds is 4. The van der Waals surface area contributed by atoms with Gasteiger partial charge >= 0.3 is 5.97 Å². The lowest BCUT2D eigenvalue weighted by Gasteiger charge is -2.30. The standard InChI is InChI=1S/C16H21NO3S/c1-11-7-9-17(10-8-11)15(18)13-5-3-4-6-14(13)21-12(2)16(19)20/h3-6,11-12H,7-10H2,1-2H3,(H,19,20). The van der Waals surface area contributed by atoms with Crippen LogP contribution in [0, 0.1) is 5.92 Å². The highest BCUT2D eigenvalue weighted by Gasteiger charge is 2.24. The molecule has 0 aliphatic carbocycles. The number of carbonyl (C=O) groups is 2. The predicted molar refractivity (Wildman–Crippen MR) is 83.7 cm³/mol. The number of likely N-dealkylation sites (tertiary alicyclic amines) is 1. The molecule has 1 aliphatic rings. The Labute approximate surface area is 129 Å². The molecule has 2 rings (SSSR count). The van der Waals surface area contributed by atoms with Crippen LogP contribution in [-0.4, -0.2) is 40.2 Å². The number of nitrogens with zero attached hydrogens (tertiary/aromatic N) is 1. The van der Waals surface area contributed by atoms with E-state index < -0.39 is 11.2 Å². The van der Waals surface area contributed by atoms with Crippen LogP contribution in [0.2, 0.25) is 0 Å². The first-order chi connectivity index (χ1) is 9.99. The van der Waals surface area contributed by atoms with Crippen molar-refractivity contribution in [2.75, 3.05) is 13.1 Å².